The molecule has 1 aromatic carbocycles. The van der Waals surface area contributed by atoms with Gasteiger partial charge in [0.2, 0.25) is 0 Å². The Morgan fingerprint density at radius 3 is 2.70 bits per heavy atom. The summed E-state index contributed by atoms with van der Waals surface area (Å²) < 4.78 is 0. The maximum atomic E-state index is 6.17. The number of nitrogens with one attached hydrogen (secondary N) is 1. The lowest BCUT2D eigenvalue weighted by molar-refractivity contribution is 0.222. The lowest BCUT2D eigenvalue weighted by atomic mass is 9.96. The van der Waals surface area contributed by atoms with Gasteiger partial charge in [0.1, 0.15) is 0 Å². The molecule has 1 fully saturated rings. The summed E-state index contributed by atoms with van der Waals surface area (Å²) in [6.07, 6.45) is 2.59. The topological polar surface area (TPSA) is 18.5 Å². The van der Waals surface area contributed by atoms with Crippen LogP contribution in [0.2, 0.25) is 5.02 Å². The van der Waals surface area contributed by atoms with Crippen LogP contribution < -0.4 is 10.2 Å². The average Bonchev–Trinajstić information content (AvgIpc) is 2.43. The molecule has 0 amide bonds. The smallest absolute Gasteiger partial charge is 0.0426 e. The van der Waals surface area contributed by atoms with Gasteiger partial charge in [-0.15, -0.1) is 0 Å². The minimum Gasteiger partial charge on any atom is -0.374 e. The number of benzene rings is 1. The molecule has 1 aliphatic heterocycles. The number of hydrogen-bond acceptors (Lipinski definition) is 3. The molecule has 0 aliphatic carbocycles. The van der Waals surface area contributed by atoms with Gasteiger partial charge in [-0.3, -0.25) is 0 Å². The van der Waals surface area contributed by atoms with E-state index in [0.717, 1.165) is 24.0 Å². The van der Waals surface area contributed by atoms with Crippen LogP contribution >= 0.6 is 11.6 Å². The second-order valence-electron chi connectivity index (χ2n) is 5.93. The summed E-state index contributed by atoms with van der Waals surface area (Å²) in [7, 11) is 6.38. The highest BCUT2D eigenvalue weighted by molar-refractivity contribution is 6.30. The van der Waals surface area contributed by atoms with Crippen molar-refractivity contribution in [3.63, 3.8) is 0 Å². The van der Waals surface area contributed by atoms with Crippen molar-refractivity contribution < 1.29 is 0 Å². The van der Waals surface area contributed by atoms with Gasteiger partial charge in [0.05, 0.1) is 0 Å². The van der Waals surface area contributed by atoms with Crippen LogP contribution in [0.4, 0.5) is 5.69 Å². The van der Waals surface area contributed by atoms with E-state index in [2.05, 4.69) is 41.3 Å². The van der Waals surface area contributed by atoms with Gasteiger partial charge in [0, 0.05) is 30.8 Å². The van der Waals surface area contributed by atoms with Crippen LogP contribution in [0.3, 0.4) is 0 Å². The number of piperidine rings is 1. The molecular weight excluding hydrogens is 270 g/mol. The lowest BCUT2D eigenvalue weighted by Gasteiger charge is -2.33. The molecule has 2 rings (SSSR count). The minimum absolute atomic E-state index is 0.789. The zero-order chi connectivity index (χ0) is 14.5. The zero-order valence-electron chi connectivity index (χ0n) is 12.8. The largest absolute Gasteiger partial charge is 0.374 e. The van der Waals surface area contributed by atoms with E-state index in [-0.39, 0.29) is 0 Å². The van der Waals surface area contributed by atoms with Gasteiger partial charge in [-0.05, 0) is 63.6 Å². The van der Waals surface area contributed by atoms with Crippen molar-refractivity contribution in [2.75, 3.05) is 45.7 Å². The summed E-state index contributed by atoms with van der Waals surface area (Å²) in [5.41, 5.74) is 2.57. The maximum absolute atomic E-state index is 6.17. The Kier molecular flexibility index (Phi) is 5.70. The quantitative estimate of drug-likeness (QED) is 0.901. The monoisotopic (exact) mass is 295 g/mol. The van der Waals surface area contributed by atoms with E-state index >= 15 is 0 Å². The fourth-order valence-corrected chi connectivity index (χ4v) is 3.13. The molecule has 3 nitrogen and oxygen atoms in total. The first-order valence-electron chi connectivity index (χ1n) is 7.43. The van der Waals surface area contributed by atoms with Crippen LogP contribution in [0.1, 0.15) is 18.4 Å². The van der Waals surface area contributed by atoms with Crippen LogP contribution in [0.15, 0.2) is 18.2 Å². The van der Waals surface area contributed by atoms with Crippen molar-refractivity contribution in [1.29, 1.82) is 0 Å². The van der Waals surface area contributed by atoms with Crippen LogP contribution in [-0.2, 0) is 6.54 Å². The number of halogens is 1. The van der Waals surface area contributed by atoms with E-state index in [1.54, 1.807) is 0 Å². The number of hydrogen-bond donors (Lipinski definition) is 1. The average molecular weight is 296 g/mol. The number of anilines is 1. The van der Waals surface area contributed by atoms with Crippen LogP contribution in [-0.4, -0.2) is 45.7 Å². The van der Waals surface area contributed by atoms with Crippen molar-refractivity contribution in [2.45, 2.75) is 19.4 Å². The second kappa shape index (κ2) is 7.30. The third-order valence-corrected chi connectivity index (χ3v) is 4.43. The Balaban J connectivity index is 2.04. The third-order valence-electron chi connectivity index (χ3n) is 4.20. The number of nitrogens with zero attached hydrogens (tertiary/aromatic N) is 2. The predicted octanol–water partition coefficient (Wildman–Crippen LogP) is 2.84. The molecule has 0 aromatic heterocycles. The van der Waals surface area contributed by atoms with Crippen molar-refractivity contribution in [3.05, 3.63) is 28.8 Å². The van der Waals surface area contributed by atoms with Crippen molar-refractivity contribution in [3.8, 4) is 0 Å². The molecule has 1 heterocycles. The third kappa shape index (κ3) is 4.11. The standard InChI is InChI=1S/C16H26ClN3/c1-18-11-14-4-5-15(17)10-16(14)20(3)12-13-6-8-19(2)9-7-13/h4-5,10,13,18H,6-9,11-12H2,1-3H3. The molecule has 0 radical (unpaired) electrons. The summed E-state index contributed by atoms with van der Waals surface area (Å²) >= 11 is 6.17. The van der Waals surface area contributed by atoms with Gasteiger partial charge in [-0.25, -0.2) is 0 Å². The molecule has 0 atom stereocenters. The fraction of sp³-hybridized carbons (Fsp3) is 0.625. The molecule has 112 valence electrons. The molecule has 0 unspecified atom stereocenters. The van der Waals surface area contributed by atoms with Crippen LogP contribution in [0, 0.1) is 5.92 Å². The van der Waals surface area contributed by atoms with E-state index in [0.29, 0.717) is 0 Å². The summed E-state index contributed by atoms with van der Waals surface area (Å²) in [5.74, 6) is 0.789. The van der Waals surface area contributed by atoms with E-state index in [9.17, 15) is 0 Å². The molecule has 0 saturated carbocycles. The minimum atomic E-state index is 0.789. The Bertz CT molecular complexity index is 428. The normalized spacial score (nSPS) is 17.4. The highest BCUT2D eigenvalue weighted by Crippen LogP contribution is 2.26. The number of rotatable bonds is 5. The van der Waals surface area contributed by atoms with Gasteiger partial charge < -0.3 is 15.1 Å². The molecule has 1 N–H and O–H groups in total. The summed E-state index contributed by atoms with van der Waals surface area (Å²) in [6.45, 7) is 4.43. The summed E-state index contributed by atoms with van der Waals surface area (Å²) in [4.78, 5) is 4.79. The van der Waals surface area contributed by atoms with E-state index in [1.807, 2.05) is 13.1 Å². The Morgan fingerprint density at radius 2 is 2.05 bits per heavy atom. The second-order valence-corrected chi connectivity index (χ2v) is 6.37. The first kappa shape index (κ1) is 15.6. The van der Waals surface area contributed by atoms with E-state index in [1.165, 1.54) is 37.2 Å². The van der Waals surface area contributed by atoms with Gasteiger partial charge in [-0.2, -0.15) is 0 Å². The van der Waals surface area contributed by atoms with Crippen LogP contribution in [0.5, 0.6) is 0 Å². The molecule has 0 bridgehead atoms. The molecule has 1 aromatic rings. The maximum Gasteiger partial charge on any atom is 0.0426 e. The highest BCUT2D eigenvalue weighted by atomic mass is 35.5. The lowest BCUT2D eigenvalue weighted by Crippen LogP contribution is -2.36. The van der Waals surface area contributed by atoms with Crippen molar-refractivity contribution >= 4 is 17.3 Å². The Morgan fingerprint density at radius 1 is 1.35 bits per heavy atom. The summed E-state index contributed by atoms with van der Waals surface area (Å²) in [5, 5.41) is 4.05. The predicted molar refractivity (Wildman–Crippen MR) is 87.7 cm³/mol. The van der Waals surface area contributed by atoms with E-state index < -0.39 is 0 Å². The van der Waals surface area contributed by atoms with Crippen LogP contribution in [0.25, 0.3) is 0 Å². The highest BCUT2D eigenvalue weighted by Gasteiger charge is 2.19. The summed E-state index contributed by atoms with van der Waals surface area (Å²) in [6, 6.07) is 6.18. The molecule has 1 saturated heterocycles. The Labute approximate surface area is 127 Å². The zero-order valence-corrected chi connectivity index (χ0v) is 13.6. The first-order chi connectivity index (χ1) is 9.60. The molecule has 4 heteroatoms. The van der Waals surface area contributed by atoms with Crippen molar-refractivity contribution in [2.24, 2.45) is 5.92 Å². The van der Waals surface area contributed by atoms with Crippen molar-refractivity contribution in [1.82, 2.24) is 10.2 Å². The SMILES string of the molecule is CNCc1ccc(Cl)cc1N(C)CC1CCN(C)CC1. The van der Waals surface area contributed by atoms with Gasteiger partial charge >= 0.3 is 0 Å². The van der Waals surface area contributed by atoms with E-state index in [4.69, 9.17) is 11.6 Å². The molecule has 0 spiro atoms. The van der Waals surface area contributed by atoms with Gasteiger partial charge in [-0.1, -0.05) is 17.7 Å². The molecule has 20 heavy (non-hydrogen) atoms. The molecule has 1 aliphatic rings. The van der Waals surface area contributed by atoms with Gasteiger partial charge in [0.25, 0.3) is 0 Å². The number of likely N-dealkylation sites (tertiary alicyclic amines) is 1. The fourth-order valence-electron chi connectivity index (χ4n) is 2.96. The first-order valence-corrected chi connectivity index (χ1v) is 7.80. The Hall–Kier alpha value is -0.770. The molecular formula is C16H26ClN3. The van der Waals surface area contributed by atoms with Gasteiger partial charge in [0.15, 0.2) is 0 Å².